The Bertz CT molecular complexity index is 686. The topological polar surface area (TPSA) is 220 Å². The summed E-state index contributed by atoms with van der Waals surface area (Å²) in [7, 11) is 0. The summed E-state index contributed by atoms with van der Waals surface area (Å²) in [4.78, 5) is 60.8. The van der Waals surface area contributed by atoms with Gasteiger partial charge in [-0.05, 0) is 37.6 Å². The van der Waals surface area contributed by atoms with Crippen molar-refractivity contribution in [1.82, 2.24) is 16.0 Å². The maximum Gasteiger partial charge on any atom is 0.326 e. The lowest BCUT2D eigenvalue weighted by molar-refractivity contribution is -0.144. The molecule has 12 nitrogen and oxygen atoms in total. The molecule has 0 saturated carbocycles. The van der Waals surface area contributed by atoms with Crippen molar-refractivity contribution in [1.29, 1.82) is 0 Å². The fourth-order valence-electron chi connectivity index (χ4n) is 2.95. The molecule has 0 spiro atoms. The van der Waals surface area contributed by atoms with E-state index in [4.69, 9.17) is 17.2 Å². The molecule has 33 heavy (non-hydrogen) atoms. The number of carbonyl (C=O) groups is 5. The maximum atomic E-state index is 13.0. The van der Waals surface area contributed by atoms with E-state index >= 15 is 0 Å². The first-order chi connectivity index (χ1) is 15.3. The first kappa shape index (κ1) is 30.3. The van der Waals surface area contributed by atoms with E-state index in [0.29, 0.717) is 25.8 Å². The maximum absolute atomic E-state index is 13.0. The predicted molar refractivity (Wildman–Crippen MR) is 122 cm³/mol. The number of hydrogen-bond donors (Lipinski definition) is 7. The average molecular weight is 473 g/mol. The number of aliphatic carboxylic acids is 1. The molecule has 0 aromatic rings. The molecule has 5 unspecified atom stereocenters. The highest BCUT2D eigenvalue weighted by atomic mass is 16.4. The number of unbranched alkanes of at least 4 members (excludes halogenated alkanes) is 1. The van der Waals surface area contributed by atoms with E-state index in [-0.39, 0.29) is 18.3 Å². The lowest BCUT2D eigenvalue weighted by Crippen LogP contribution is -2.59. The van der Waals surface area contributed by atoms with Crippen molar-refractivity contribution in [2.45, 2.75) is 84.0 Å². The smallest absolute Gasteiger partial charge is 0.326 e. The quantitative estimate of drug-likeness (QED) is 0.131. The van der Waals surface area contributed by atoms with Crippen LogP contribution in [0.2, 0.25) is 0 Å². The van der Waals surface area contributed by atoms with Gasteiger partial charge in [0.25, 0.3) is 0 Å². The Kier molecular flexibility index (Phi) is 13.9. The van der Waals surface area contributed by atoms with Crippen molar-refractivity contribution in [2.75, 3.05) is 6.54 Å². The molecule has 0 radical (unpaired) electrons. The Labute approximate surface area is 194 Å². The van der Waals surface area contributed by atoms with E-state index < -0.39 is 60.2 Å². The standard InChI is InChI=1S/C21H40N6O6/c1-5-12(4)17(20(31)26-14(21(32)33)10-15(23)28)27-18(29)13(8-6-7-9-22)25-19(30)16(24)11(2)3/h11-14,16-17H,5-10,22,24H2,1-4H3,(H2,23,28)(H,25,30)(H,26,31)(H,27,29)(H,32,33). The minimum Gasteiger partial charge on any atom is -0.480 e. The summed E-state index contributed by atoms with van der Waals surface area (Å²) in [5.74, 6) is -4.68. The SMILES string of the molecule is CCC(C)C(NC(=O)C(CCCCN)NC(=O)C(N)C(C)C)C(=O)NC(CC(N)=O)C(=O)O. The van der Waals surface area contributed by atoms with Crippen molar-refractivity contribution in [3.8, 4) is 0 Å². The van der Waals surface area contributed by atoms with E-state index in [1.165, 1.54) is 0 Å². The number of amides is 4. The molecule has 190 valence electrons. The van der Waals surface area contributed by atoms with Crippen molar-refractivity contribution in [3.63, 3.8) is 0 Å². The molecule has 10 N–H and O–H groups in total. The molecule has 12 heteroatoms. The number of carboxylic acids is 1. The zero-order valence-corrected chi connectivity index (χ0v) is 19.9. The van der Waals surface area contributed by atoms with Gasteiger partial charge in [0.15, 0.2) is 0 Å². The molecule has 0 fully saturated rings. The summed E-state index contributed by atoms with van der Waals surface area (Å²) in [5.41, 5.74) is 16.5. The van der Waals surface area contributed by atoms with Crippen LogP contribution in [0.5, 0.6) is 0 Å². The molecule has 0 aliphatic rings. The summed E-state index contributed by atoms with van der Waals surface area (Å²) < 4.78 is 0. The van der Waals surface area contributed by atoms with Gasteiger partial charge in [-0.2, -0.15) is 0 Å². The number of carbonyl (C=O) groups excluding carboxylic acids is 4. The second kappa shape index (κ2) is 15.2. The predicted octanol–water partition coefficient (Wildman–Crippen LogP) is -1.44. The Morgan fingerprint density at radius 3 is 1.91 bits per heavy atom. The zero-order valence-electron chi connectivity index (χ0n) is 19.9. The zero-order chi connectivity index (χ0) is 25.7. The highest BCUT2D eigenvalue weighted by Crippen LogP contribution is 2.11. The van der Waals surface area contributed by atoms with Crippen LogP contribution < -0.4 is 33.2 Å². The van der Waals surface area contributed by atoms with E-state index in [0.717, 1.165) is 0 Å². The largest absolute Gasteiger partial charge is 0.480 e. The van der Waals surface area contributed by atoms with Gasteiger partial charge in [-0.1, -0.05) is 34.1 Å². The fourth-order valence-corrected chi connectivity index (χ4v) is 2.95. The van der Waals surface area contributed by atoms with E-state index in [1.807, 2.05) is 0 Å². The number of carboxylic acid groups (broad SMARTS) is 1. The summed E-state index contributed by atoms with van der Waals surface area (Å²) in [5, 5.41) is 16.8. The van der Waals surface area contributed by atoms with Gasteiger partial charge < -0.3 is 38.3 Å². The molecule has 0 bridgehead atoms. The number of primary amides is 1. The number of nitrogens with one attached hydrogen (secondary N) is 3. The minimum atomic E-state index is -1.53. The monoisotopic (exact) mass is 472 g/mol. The molecule has 0 aliphatic carbocycles. The molecule has 0 aromatic heterocycles. The third-order valence-corrected chi connectivity index (χ3v) is 5.41. The lowest BCUT2D eigenvalue weighted by atomic mass is 9.96. The van der Waals surface area contributed by atoms with Gasteiger partial charge in [-0.15, -0.1) is 0 Å². The number of hydrogen-bond acceptors (Lipinski definition) is 7. The van der Waals surface area contributed by atoms with Crippen LogP contribution in [0.25, 0.3) is 0 Å². The van der Waals surface area contributed by atoms with Crippen LogP contribution in [0.15, 0.2) is 0 Å². The van der Waals surface area contributed by atoms with Crippen LogP contribution in [0, 0.1) is 11.8 Å². The van der Waals surface area contributed by atoms with Crippen LogP contribution in [0.4, 0.5) is 0 Å². The van der Waals surface area contributed by atoms with Crippen molar-refractivity contribution >= 4 is 29.6 Å². The highest BCUT2D eigenvalue weighted by Gasteiger charge is 2.33. The molecule has 4 amide bonds. The van der Waals surface area contributed by atoms with Crippen LogP contribution in [0.1, 0.15) is 59.8 Å². The van der Waals surface area contributed by atoms with Crippen LogP contribution in [-0.2, 0) is 24.0 Å². The Morgan fingerprint density at radius 2 is 1.45 bits per heavy atom. The molecular formula is C21H40N6O6. The average Bonchev–Trinajstić information content (AvgIpc) is 2.74. The first-order valence-corrected chi connectivity index (χ1v) is 11.2. The van der Waals surface area contributed by atoms with Gasteiger partial charge in [0, 0.05) is 0 Å². The Morgan fingerprint density at radius 1 is 0.879 bits per heavy atom. The summed E-state index contributed by atoms with van der Waals surface area (Å²) in [6, 6.07) is -4.38. The van der Waals surface area contributed by atoms with Gasteiger partial charge in [0.1, 0.15) is 18.1 Å². The third-order valence-electron chi connectivity index (χ3n) is 5.41. The van der Waals surface area contributed by atoms with E-state index in [1.54, 1.807) is 27.7 Å². The molecule has 0 aromatic carbocycles. The Hall–Kier alpha value is -2.73. The second-order valence-electron chi connectivity index (χ2n) is 8.56. The third kappa shape index (κ3) is 11.1. The van der Waals surface area contributed by atoms with Crippen molar-refractivity contribution in [3.05, 3.63) is 0 Å². The van der Waals surface area contributed by atoms with Crippen LogP contribution in [-0.4, -0.2) is 65.4 Å². The van der Waals surface area contributed by atoms with Crippen molar-refractivity contribution < 1.29 is 29.1 Å². The second-order valence-corrected chi connectivity index (χ2v) is 8.56. The van der Waals surface area contributed by atoms with E-state index in [9.17, 15) is 29.1 Å². The molecule has 0 saturated heterocycles. The number of nitrogens with two attached hydrogens (primary N) is 3. The van der Waals surface area contributed by atoms with Gasteiger partial charge in [0.05, 0.1) is 12.5 Å². The van der Waals surface area contributed by atoms with Gasteiger partial charge >= 0.3 is 5.97 Å². The Balaban J connectivity index is 5.58. The molecular weight excluding hydrogens is 432 g/mol. The summed E-state index contributed by atoms with van der Waals surface area (Å²) >= 11 is 0. The van der Waals surface area contributed by atoms with Crippen LogP contribution >= 0.6 is 0 Å². The van der Waals surface area contributed by atoms with Gasteiger partial charge in [-0.3, -0.25) is 19.2 Å². The van der Waals surface area contributed by atoms with Gasteiger partial charge in [-0.25, -0.2) is 4.79 Å². The van der Waals surface area contributed by atoms with Crippen LogP contribution in [0.3, 0.4) is 0 Å². The highest BCUT2D eigenvalue weighted by molar-refractivity contribution is 5.95. The fraction of sp³-hybridized carbons (Fsp3) is 0.762. The van der Waals surface area contributed by atoms with Crippen molar-refractivity contribution in [2.24, 2.45) is 29.0 Å². The van der Waals surface area contributed by atoms with Gasteiger partial charge in [0.2, 0.25) is 23.6 Å². The number of rotatable bonds is 16. The first-order valence-electron chi connectivity index (χ1n) is 11.2. The lowest BCUT2D eigenvalue weighted by Gasteiger charge is -2.28. The molecule has 0 rings (SSSR count). The minimum absolute atomic E-state index is 0.144. The van der Waals surface area contributed by atoms with E-state index in [2.05, 4.69) is 16.0 Å². The summed E-state index contributed by atoms with van der Waals surface area (Å²) in [6.07, 6.45) is 1.39. The molecule has 5 atom stereocenters. The molecule has 0 heterocycles. The molecule has 0 aliphatic heterocycles. The normalized spacial score (nSPS) is 15.6. The summed E-state index contributed by atoms with van der Waals surface area (Å²) in [6.45, 7) is 7.49.